The fraction of sp³-hybridized carbons (Fsp3) is 0. The molecule has 0 spiro atoms. The van der Waals surface area contributed by atoms with Gasteiger partial charge in [-0.1, -0.05) is 24.3 Å². The Balaban J connectivity index is 1.84. The van der Waals surface area contributed by atoms with Crippen molar-refractivity contribution in [1.82, 2.24) is 9.97 Å². The van der Waals surface area contributed by atoms with Gasteiger partial charge in [-0.25, -0.2) is 18.7 Å². The molecule has 4 rings (SSSR count). The summed E-state index contributed by atoms with van der Waals surface area (Å²) in [6.45, 7) is 0. The van der Waals surface area contributed by atoms with Crippen LogP contribution in [0.5, 0.6) is 0 Å². The van der Waals surface area contributed by atoms with Crippen molar-refractivity contribution in [2.75, 3.05) is 5.32 Å². The van der Waals surface area contributed by atoms with E-state index in [-0.39, 0.29) is 11.5 Å². The molecule has 0 saturated carbocycles. The lowest BCUT2D eigenvalue weighted by atomic mass is 10.1. The first-order valence-corrected chi connectivity index (χ1v) is 8.25. The van der Waals surface area contributed by atoms with Crippen molar-refractivity contribution in [3.05, 3.63) is 88.5 Å². The van der Waals surface area contributed by atoms with Crippen molar-refractivity contribution < 1.29 is 13.7 Å². The Morgan fingerprint density at radius 3 is 2.50 bits per heavy atom. The molecule has 0 radical (unpaired) electrons. The highest BCUT2D eigenvalue weighted by atomic mass is 19.2. The number of nitrogens with one attached hydrogen (secondary N) is 1. The fourth-order valence-corrected chi connectivity index (χ4v) is 2.77. The number of halogens is 2. The van der Waals surface area contributed by atoms with E-state index in [2.05, 4.69) is 15.3 Å². The molecule has 0 aliphatic rings. The van der Waals surface area contributed by atoms with E-state index >= 15 is 0 Å². The highest BCUT2D eigenvalue weighted by molar-refractivity contribution is 5.92. The normalized spacial score (nSPS) is 10.8. The number of anilines is 2. The summed E-state index contributed by atoms with van der Waals surface area (Å²) in [7, 11) is 0. The summed E-state index contributed by atoms with van der Waals surface area (Å²) in [5.74, 6) is -1.29. The van der Waals surface area contributed by atoms with Crippen LogP contribution in [0.1, 0.15) is 0 Å². The van der Waals surface area contributed by atoms with E-state index < -0.39 is 16.6 Å². The van der Waals surface area contributed by atoms with Gasteiger partial charge in [-0.3, -0.25) is 10.1 Å². The predicted molar refractivity (Wildman–Crippen MR) is 101 cm³/mol. The molecule has 4 aromatic rings. The van der Waals surface area contributed by atoms with Crippen molar-refractivity contribution in [3.63, 3.8) is 0 Å². The number of benzene rings is 3. The van der Waals surface area contributed by atoms with Crippen LogP contribution in [0.4, 0.5) is 26.0 Å². The van der Waals surface area contributed by atoms with Crippen LogP contribution in [-0.2, 0) is 0 Å². The van der Waals surface area contributed by atoms with Gasteiger partial charge in [0.1, 0.15) is 5.82 Å². The number of hydrogen-bond donors (Lipinski definition) is 1. The second-order valence-corrected chi connectivity index (χ2v) is 5.97. The average Bonchev–Trinajstić information content (AvgIpc) is 2.71. The van der Waals surface area contributed by atoms with Crippen LogP contribution in [0.15, 0.2) is 66.7 Å². The van der Waals surface area contributed by atoms with E-state index in [1.165, 1.54) is 18.2 Å². The number of non-ortho nitro benzene ring substituents is 1. The Morgan fingerprint density at radius 2 is 1.71 bits per heavy atom. The number of fused-ring (bicyclic) bond motifs is 1. The monoisotopic (exact) mass is 378 g/mol. The summed E-state index contributed by atoms with van der Waals surface area (Å²) in [6.07, 6.45) is 0. The van der Waals surface area contributed by atoms with E-state index in [1.54, 1.807) is 36.4 Å². The topological polar surface area (TPSA) is 81.0 Å². The van der Waals surface area contributed by atoms with Crippen LogP contribution >= 0.6 is 0 Å². The molecule has 0 fully saturated rings. The number of aromatic nitrogens is 2. The maximum atomic E-state index is 13.5. The van der Waals surface area contributed by atoms with Gasteiger partial charge in [0.25, 0.3) is 5.69 Å². The molecule has 28 heavy (non-hydrogen) atoms. The zero-order valence-corrected chi connectivity index (χ0v) is 14.3. The molecule has 1 aromatic heterocycles. The molecule has 0 bridgehead atoms. The van der Waals surface area contributed by atoms with E-state index in [0.29, 0.717) is 28.0 Å². The summed E-state index contributed by atoms with van der Waals surface area (Å²) in [4.78, 5) is 19.5. The molecule has 1 N–H and O–H groups in total. The summed E-state index contributed by atoms with van der Waals surface area (Å²) >= 11 is 0. The highest BCUT2D eigenvalue weighted by Gasteiger charge is 2.13. The Hall–Kier alpha value is -3.94. The first-order valence-electron chi connectivity index (χ1n) is 8.25. The summed E-state index contributed by atoms with van der Waals surface area (Å²) in [5, 5.41) is 14.7. The third kappa shape index (κ3) is 3.35. The van der Waals surface area contributed by atoms with Gasteiger partial charge in [-0.15, -0.1) is 0 Å². The first-order chi connectivity index (χ1) is 13.5. The van der Waals surface area contributed by atoms with Crippen LogP contribution in [0.3, 0.4) is 0 Å². The van der Waals surface area contributed by atoms with Gasteiger partial charge < -0.3 is 5.32 Å². The molecule has 0 atom stereocenters. The van der Waals surface area contributed by atoms with Crippen LogP contribution in [0.2, 0.25) is 0 Å². The Labute approximate surface area is 157 Å². The molecule has 1 heterocycles. The smallest absolute Gasteiger partial charge is 0.270 e. The first kappa shape index (κ1) is 17.5. The fourth-order valence-electron chi connectivity index (χ4n) is 2.77. The van der Waals surface area contributed by atoms with Crippen molar-refractivity contribution in [2.45, 2.75) is 0 Å². The van der Waals surface area contributed by atoms with Crippen LogP contribution in [0, 0.1) is 21.7 Å². The third-order valence-electron chi connectivity index (χ3n) is 4.10. The Kier molecular flexibility index (Phi) is 4.36. The third-order valence-corrected chi connectivity index (χ3v) is 4.10. The summed E-state index contributed by atoms with van der Waals surface area (Å²) in [6, 6.07) is 16.6. The van der Waals surface area contributed by atoms with E-state index in [9.17, 15) is 18.9 Å². The number of nitro groups is 1. The summed E-state index contributed by atoms with van der Waals surface area (Å²) < 4.78 is 26.7. The number of nitro benzene ring substituents is 1. The number of nitrogens with zero attached hydrogens (tertiary/aromatic N) is 3. The number of rotatable bonds is 4. The molecule has 3 aromatic carbocycles. The molecule has 0 amide bonds. The lowest BCUT2D eigenvalue weighted by molar-refractivity contribution is -0.384. The predicted octanol–water partition coefficient (Wildman–Crippen LogP) is 5.23. The van der Waals surface area contributed by atoms with Gasteiger partial charge in [0.2, 0.25) is 0 Å². The second kappa shape index (κ2) is 6.99. The molecule has 6 nitrogen and oxygen atoms in total. The molecular formula is C20H12F2N4O2. The summed E-state index contributed by atoms with van der Waals surface area (Å²) in [5.41, 5.74) is 1.30. The van der Waals surface area contributed by atoms with Gasteiger partial charge >= 0.3 is 0 Å². The minimum atomic E-state index is -0.984. The molecule has 0 saturated heterocycles. The molecular weight excluding hydrogens is 366 g/mol. The molecule has 0 unspecified atom stereocenters. The minimum absolute atomic E-state index is 0.0793. The maximum Gasteiger partial charge on any atom is 0.270 e. The number of para-hydroxylation sites is 1. The Bertz CT molecular complexity index is 1210. The lowest BCUT2D eigenvalue weighted by Crippen LogP contribution is -2.00. The minimum Gasteiger partial charge on any atom is -0.340 e. The van der Waals surface area contributed by atoms with Gasteiger partial charge in [0.05, 0.1) is 10.4 Å². The van der Waals surface area contributed by atoms with Crippen LogP contribution in [0.25, 0.3) is 22.3 Å². The van der Waals surface area contributed by atoms with Gasteiger partial charge in [0.15, 0.2) is 17.5 Å². The number of hydrogen-bond acceptors (Lipinski definition) is 5. The largest absolute Gasteiger partial charge is 0.340 e. The van der Waals surface area contributed by atoms with Crippen molar-refractivity contribution in [3.8, 4) is 11.4 Å². The van der Waals surface area contributed by atoms with Crippen molar-refractivity contribution in [2.24, 2.45) is 0 Å². The van der Waals surface area contributed by atoms with Crippen molar-refractivity contribution in [1.29, 1.82) is 0 Å². The molecule has 8 heteroatoms. The van der Waals surface area contributed by atoms with Crippen molar-refractivity contribution >= 4 is 28.1 Å². The second-order valence-electron chi connectivity index (χ2n) is 5.97. The lowest BCUT2D eigenvalue weighted by Gasteiger charge is -2.11. The van der Waals surface area contributed by atoms with E-state index in [4.69, 9.17) is 0 Å². The zero-order valence-electron chi connectivity index (χ0n) is 14.3. The van der Waals surface area contributed by atoms with Crippen LogP contribution in [-0.4, -0.2) is 14.9 Å². The van der Waals surface area contributed by atoms with Gasteiger partial charge in [-0.05, 0) is 24.3 Å². The Morgan fingerprint density at radius 1 is 0.893 bits per heavy atom. The molecule has 138 valence electrons. The van der Waals surface area contributed by atoms with Gasteiger partial charge in [0, 0.05) is 34.8 Å². The van der Waals surface area contributed by atoms with Gasteiger partial charge in [-0.2, -0.15) is 0 Å². The average molecular weight is 378 g/mol. The van der Waals surface area contributed by atoms with E-state index in [1.807, 2.05) is 0 Å². The zero-order chi connectivity index (χ0) is 19.7. The van der Waals surface area contributed by atoms with E-state index in [0.717, 1.165) is 12.1 Å². The maximum absolute atomic E-state index is 13.5. The quantitative estimate of drug-likeness (QED) is 0.389. The molecule has 0 aliphatic carbocycles. The SMILES string of the molecule is O=[N+]([O-])c1cccc(-c2nc(Nc3ccc(F)c(F)c3)c3ccccc3n2)c1. The highest BCUT2D eigenvalue weighted by Crippen LogP contribution is 2.29. The molecule has 0 aliphatic heterocycles. The van der Waals surface area contributed by atoms with Crippen LogP contribution < -0.4 is 5.32 Å². The standard InChI is InChI=1S/C20H12F2N4O2/c21-16-9-8-13(11-17(16)22)23-20-15-6-1-2-7-18(15)24-19(25-20)12-4-3-5-14(10-12)26(27)28/h1-11H,(H,23,24,25).